The number of amides is 2. The lowest BCUT2D eigenvalue weighted by Gasteiger charge is -2.13. The maximum absolute atomic E-state index is 12.5. The Hall–Kier alpha value is -2.37. The van der Waals surface area contributed by atoms with E-state index in [-0.39, 0.29) is 10.8 Å². The van der Waals surface area contributed by atoms with Crippen LogP contribution in [-0.4, -0.2) is 36.5 Å². The van der Waals surface area contributed by atoms with Gasteiger partial charge in [0.05, 0.1) is 10.9 Å². The number of sulfonamides is 1. The summed E-state index contributed by atoms with van der Waals surface area (Å²) < 4.78 is 27.2. The fourth-order valence-corrected chi connectivity index (χ4v) is 4.38. The van der Waals surface area contributed by atoms with Gasteiger partial charge in [0.25, 0.3) is 0 Å². The third-order valence-corrected chi connectivity index (χ3v) is 5.91. The van der Waals surface area contributed by atoms with Crippen molar-refractivity contribution in [2.75, 3.05) is 10.6 Å². The minimum Gasteiger partial charge on any atom is -0.326 e. The van der Waals surface area contributed by atoms with Crippen LogP contribution in [0.25, 0.3) is 0 Å². The Morgan fingerprint density at radius 2 is 1.71 bits per heavy atom. The van der Waals surface area contributed by atoms with Crippen molar-refractivity contribution in [3.63, 3.8) is 0 Å². The molecule has 11 heteroatoms. The van der Waals surface area contributed by atoms with Gasteiger partial charge in [-0.05, 0) is 37.1 Å². The molecule has 0 spiro atoms. The van der Waals surface area contributed by atoms with Gasteiger partial charge in [0.1, 0.15) is 5.01 Å². The molecular weight excluding hydrogens is 402 g/mol. The van der Waals surface area contributed by atoms with E-state index < -0.39 is 22.0 Å². The van der Waals surface area contributed by atoms with Crippen LogP contribution >= 0.6 is 11.3 Å². The average Bonchev–Trinajstić information content (AvgIpc) is 3.00. The number of hydrogen-bond donors (Lipinski definition) is 3. The number of carbonyl (C=O) groups excluding carboxylic acids is 2. The van der Waals surface area contributed by atoms with Crippen molar-refractivity contribution in [1.29, 1.82) is 0 Å². The number of rotatable bonds is 8. The van der Waals surface area contributed by atoms with Crippen molar-refractivity contribution in [2.45, 2.75) is 45.1 Å². The van der Waals surface area contributed by atoms with Gasteiger partial charge in [0, 0.05) is 19.0 Å². The first-order valence-corrected chi connectivity index (χ1v) is 10.9. The van der Waals surface area contributed by atoms with E-state index in [9.17, 15) is 18.0 Å². The van der Waals surface area contributed by atoms with Crippen LogP contribution < -0.4 is 15.4 Å². The second-order valence-electron chi connectivity index (χ2n) is 6.64. The van der Waals surface area contributed by atoms with Gasteiger partial charge in [-0.1, -0.05) is 25.2 Å². The SMILES string of the molecule is CC(=O)Nc1ccc(S(=O)(=O)N[C@@H](C)C(=O)Nc2nnc(CC(C)C)s2)cc1. The van der Waals surface area contributed by atoms with Gasteiger partial charge in [-0.15, -0.1) is 10.2 Å². The Balaban J connectivity index is 1.99. The second-order valence-corrected chi connectivity index (χ2v) is 9.41. The predicted molar refractivity (Wildman–Crippen MR) is 108 cm³/mol. The van der Waals surface area contributed by atoms with Crippen LogP contribution in [0.2, 0.25) is 0 Å². The monoisotopic (exact) mass is 425 g/mol. The van der Waals surface area contributed by atoms with Crippen LogP contribution in [0.1, 0.15) is 32.7 Å². The molecule has 2 amide bonds. The van der Waals surface area contributed by atoms with Crippen molar-refractivity contribution >= 4 is 44.0 Å². The van der Waals surface area contributed by atoms with Crippen LogP contribution in [0.5, 0.6) is 0 Å². The molecule has 28 heavy (non-hydrogen) atoms. The summed E-state index contributed by atoms with van der Waals surface area (Å²) in [7, 11) is -3.91. The van der Waals surface area contributed by atoms with Crippen molar-refractivity contribution in [2.24, 2.45) is 5.92 Å². The van der Waals surface area contributed by atoms with E-state index in [1.807, 2.05) is 0 Å². The van der Waals surface area contributed by atoms with Crippen LogP contribution in [0, 0.1) is 5.92 Å². The first kappa shape index (κ1) is 21.9. The van der Waals surface area contributed by atoms with E-state index in [2.05, 4.69) is 39.4 Å². The first-order chi connectivity index (χ1) is 13.1. The Morgan fingerprint density at radius 3 is 2.29 bits per heavy atom. The van der Waals surface area contributed by atoms with E-state index >= 15 is 0 Å². The molecule has 1 heterocycles. The lowest BCUT2D eigenvalue weighted by atomic mass is 10.1. The number of hydrogen-bond acceptors (Lipinski definition) is 7. The molecule has 1 atom stereocenters. The normalized spacial score (nSPS) is 12.6. The number of aromatic nitrogens is 2. The summed E-state index contributed by atoms with van der Waals surface area (Å²) in [6, 6.07) is 4.62. The number of benzene rings is 1. The van der Waals surface area contributed by atoms with Gasteiger partial charge >= 0.3 is 0 Å². The highest BCUT2D eigenvalue weighted by molar-refractivity contribution is 7.89. The van der Waals surface area contributed by atoms with Crippen molar-refractivity contribution in [3.05, 3.63) is 29.3 Å². The molecule has 0 aliphatic heterocycles. The van der Waals surface area contributed by atoms with Crippen LogP contribution in [-0.2, 0) is 26.0 Å². The molecule has 0 unspecified atom stereocenters. The van der Waals surface area contributed by atoms with E-state index in [1.165, 1.54) is 49.4 Å². The molecule has 1 aromatic heterocycles. The summed E-state index contributed by atoms with van der Waals surface area (Å²) in [5, 5.41) is 14.2. The zero-order valence-electron chi connectivity index (χ0n) is 16.0. The Kier molecular flexibility index (Phi) is 7.22. The Bertz CT molecular complexity index is 939. The van der Waals surface area contributed by atoms with Crippen molar-refractivity contribution < 1.29 is 18.0 Å². The smallest absolute Gasteiger partial charge is 0.244 e. The van der Waals surface area contributed by atoms with E-state index in [0.29, 0.717) is 16.7 Å². The summed E-state index contributed by atoms with van der Waals surface area (Å²) in [4.78, 5) is 23.3. The molecule has 3 N–H and O–H groups in total. The Labute approximate surface area is 168 Å². The molecule has 0 fully saturated rings. The number of anilines is 2. The first-order valence-electron chi connectivity index (χ1n) is 8.60. The lowest BCUT2D eigenvalue weighted by molar-refractivity contribution is -0.117. The molecule has 0 radical (unpaired) electrons. The van der Waals surface area contributed by atoms with Crippen molar-refractivity contribution in [1.82, 2.24) is 14.9 Å². The molecular formula is C17H23N5O4S2. The van der Waals surface area contributed by atoms with Crippen LogP contribution in [0.3, 0.4) is 0 Å². The van der Waals surface area contributed by atoms with Gasteiger partial charge in [-0.25, -0.2) is 8.42 Å². The molecule has 0 aliphatic rings. The number of carbonyl (C=O) groups is 2. The van der Waals surface area contributed by atoms with Gasteiger partial charge < -0.3 is 5.32 Å². The van der Waals surface area contributed by atoms with Gasteiger partial charge in [-0.3, -0.25) is 14.9 Å². The lowest BCUT2D eigenvalue weighted by Crippen LogP contribution is -2.41. The minimum absolute atomic E-state index is 0.0172. The summed E-state index contributed by atoms with van der Waals surface area (Å²) in [5.41, 5.74) is 0.478. The van der Waals surface area contributed by atoms with Gasteiger partial charge in [0.2, 0.25) is 27.0 Å². The van der Waals surface area contributed by atoms with Gasteiger partial charge in [-0.2, -0.15) is 4.72 Å². The maximum atomic E-state index is 12.5. The van der Waals surface area contributed by atoms with E-state index in [1.54, 1.807) is 0 Å². The molecule has 9 nitrogen and oxygen atoms in total. The third kappa shape index (κ3) is 6.36. The summed E-state index contributed by atoms with van der Waals surface area (Å²) in [6.45, 7) is 6.91. The van der Waals surface area contributed by atoms with Crippen LogP contribution in [0.15, 0.2) is 29.2 Å². The molecule has 0 aliphatic carbocycles. The third-order valence-electron chi connectivity index (χ3n) is 3.49. The van der Waals surface area contributed by atoms with E-state index in [4.69, 9.17) is 0 Å². The maximum Gasteiger partial charge on any atom is 0.244 e. The highest BCUT2D eigenvalue weighted by Crippen LogP contribution is 2.19. The molecule has 152 valence electrons. The predicted octanol–water partition coefficient (Wildman–Crippen LogP) is 2.00. The molecule has 0 saturated heterocycles. The zero-order valence-corrected chi connectivity index (χ0v) is 17.6. The topological polar surface area (TPSA) is 130 Å². The number of nitrogens with one attached hydrogen (secondary N) is 3. The molecule has 2 aromatic rings. The molecule has 0 saturated carbocycles. The zero-order chi connectivity index (χ0) is 20.9. The quantitative estimate of drug-likeness (QED) is 0.593. The highest BCUT2D eigenvalue weighted by Gasteiger charge is 2.23. The second kappa shape index (κ2) is 9.22. The standard InChI is InChI=1S/C17H23N5O4S2/c1-10(2)9-15-20-21-17(27-15)19-16(24)11(3)22-28(25,26)14-7-5-13(6-8-14)18-12(4)23/h5-8,10-11,22H,9H2,1-4H3,(H,18,23)(H,19,21,24)/t11-/m0/s1. The van der Waals surface area contributed by atoms with Crippen LogP contribution in [0.4, 0.5) is 10.8 Å². The van der Waals surface area contributed by atoms with Gasteiger partial charge in [0.15, 0.2) is 0 Å². The minimum atomic E-state index is -3.91. The fraction of sp³-hybridized carbons (Fsp3) is 0.412. The summed E-state index contributed by atoms with van der Waals surface area (Å²) in [6.07, 6.45) is 0.754. The fourth-order valence-electron chi connectivity index (χ4n) is 2.22. The Morgan fingerprint density at radius 1 is 1.07 bits per heavy atom. The highest BCUT2D eigenvalue weighted by atomic mass is 32.2. The number of nitrogens with zero attached hydrogens (tertiary/aromatic N) is 2. The average molecular weight is 426 g/mol. The molecule has 1 aromatic carbocycles. The largest absolute Gasteiger partial charge is 0.326 e. The van der Waals surface area contributed by atoms with Crippen molar-refractivity contribution in [3.8, 4) is 0 Å². The molecule has 2 rings (SSSR count). The van der Waals surface area contributed by atoms with E-state index in [0.717, 1.165) is 11.4 Å². The molecule has 0 bridgehead atoms. The summed E-state index contributed by atoms with van der Waals surface area (Å²) >= 11 is 1.26. The summed E-state index contributed by atoms with van der Waals surface area (Å²) in [5.74, 6) is -0.378.